The molecule has 0 aliphatic heterocycles. The van der Waals surface area contributed by atoms with Crippen LogP contribution in [0.5, 0.6) is 5.75 Å². The van der Waals surface area contributed by atoms with Crippen molar-refractivity contribution in [1.29, 1.82) is 0 Å². The summed E-state index contributed by atoms with van der Waals surface area (Å²) in [5, 5.41) is 20.1. The lowest BCUT2D eigenvalue weighted by Gasteiger charge is -2.17. The zero-order valence-corrected chi connectivity index (χ0v) is 17.9. The summed E-state index contributed by atoms with van der Waals surface area (Å²) in [6.45, 7) is 7.13. The maximum atomic E-state index is 12.2. The molecule has 0 radical (unpaired) electrons. The number of halogens is 1. The lowest BCUT2D eigenvalue weighted by molar-refractivity contribution is 0.0466. The molecular formula is C23H26ClN3O3. The lowest BCUT2D eigenvalue weighted by Crippen LogP contribution is -2.27. The Bertz CT molecular complexity index is 1000. The summed E-state index contributed by atoms with van der Waals surface area (Å²) < 4.78 is 5.33. The number of phenolic OH excluding ortho intramolecular Hbond substituents is 1. The fourth-order valence-electron chi connectivity index (χ4n) is 3.02. The number of esters is 1. The van der Waals surface area contributed by atoms with Crippen molar-refractivity contribution in [1.82, 2.24) is 4.90 Å². The molecule has 0 unspecified atom stereocenters. The quantitative estimate of drug-likeness (QED) is 0.359. The topological polar surface area (TPSA) is 74.5 Å². The third-order valence-corrected chi connectivity index (χ3v) is 4.79. The minimum absolute atomic E-state index is 0. The van der Waals surface area contributed by atoms with E-state index in [1.807, 2.05) is 24.3 Å². The minimum Gasteiger partial charge on any atom is -0.507 e. The molecule has 0 bridgehead atoms. The van der Waals surface area contributed by atoms with Gasteiger partial charge in [-0.05, 0) is 49.5 Å². The average molecular weight is 428 g/mol. The number of likely N-dealkylation sites (N-methyl/N-ethyl adjacent to an activating group) is 1. The van der Waals surface area contributed by atoms with E-state index >= 15 is 0 Å². The van der Waals surface area contributed by atoms with Crippen molar-refractivity contribution < 1.29 is 14.6 Å². The smallest absolute Gasteiger partial charge is 0.338 e. The van der Waals surface area contributed by atoms with E-state index in [0.717, 1.165) is 30.4 Å². The number of carbonyl (C=O) groups excluding carboxylic acids is 1. The zero-order chi connectivity index (χ0) is 20.6. The van der Waals surface area contributed by atoms with Crippen molar-refractivity contribution in [2.75, 3.05) is 26.2 Å². The first kappa shape index (κ1) is 23.3. The molecule has 0 amide bonds. The van der Waals surface area contributed by atoms with Crippen LogP contribution in [-0.4, -0.2) is 42.2 Å². The number of phenols is 1. The van der Waals surface area contributed by atoms with Gasteiger partial charge >= 0.3 is 5.97 Å². The van der Waals surface area contributed by atoms with Crippen LogP contribution in [0.2, 0.25) is 0 Å². The van der Waals surface area contributed by atoms with Crippen molar-refractivity contribution in [2.24, 2.45) is 10.2 Å². The number of fused-ring (bicyclic) bond motifs is 1. The van der Waals surface area contributed by atoms with Gasteiger partial charge in [0.05, 0.1) is 16.9 Å². The molecule has 0 atom stereocenters. The Morgan fingerprint density at radius 1 is 0.933 bits per heavy atom. The van der Waals surface area contributed by atoms with E-state index in [0.29, 0.717) is 23.5 Å². The Kier molecular flexibility index (Phi) is 8.77. The number of hydrogen-bond donors (Lipinski definition) is 1. The van der Waals surface area contributed by atoms with Crippen LogP contribution < -0.4 is 0 Å². The molecule has 0 heterocycles. The third kappa shape index (κ3) is 5.78. The third-order valence-electron chi connectivity index (χ3n) is 4.79. The molecule has 3 rings (SSSR count). The number of carbonyl (C=O) groups is 1. The van der Waals surface area contributed by atoms with Gasteiger partial charge in [0.15, 0.2) is 0 Å². The van der Waals surface area contributed by atoms with Gasteiger partial charge in [-0.3, -0.25) is 0 Å². The van der Waals surface area contributed by atoms with Gasteiger partial charge in [0.25, 0.3) is 0 Å². The lowest BCUT2D eigenvalue weighted by atomic mass is 10.1. The molecule has 7 heteroatoms. The molecule has 0 saturated heterocycles. The maximum absolute atomic E-state index is 12.2. The normalized spacial score (nSPS) is 11.0. The molecule has 3 aromatic carbocycles. The molecule has 6 nitrogen and oxygen atoms in total. The highest BCUT2D eigenvalue weighted by Crippen LogP contribution is 2.33. The van der Waals surface area contributed by atoms with Gasteiger partial charge in [-0.25, -0.2) is 4.79 Å². The van der Waals surface area contributed by atoms with Crippen molar-refractivity contribution >= 4 is 40.5 Å². The maximum Gasteiger partial charge on any atom is 0.338 e. The number of hydrogen-bond acceptors (Lipinski definition) is 6. The Morgan fingerprint density at radius 3 is 2.27 bits per heavy atom. The van der Waals surface area contributed by atoms with E-state index in [2.05, 4.69) is 29.0 Å². The number of rotatable bonds is 8. The fraction of sp³-hybridized carbons (Fsp3) is 0.261. The highest BCUT2D eigenvalue weighted by atomic mass is 35.5. The molecule has 0 spiro atoms. The van der Waals surface area contributed by atoms with Crippen LogP contribution in [0, 0.1) is 0 Å². The number of azo groups is 1. The number of benzene rings is 3. The summed E-state index contributed by atoms with van der Waals surface area (Å²) in [7, 11) is 0. The Morgan fingerprint density at radius 2 is 1.60 bits per heavy atom. The van der Waals surface area contributed by atoms with E-state index in [4.69, 9.17) is 4.74 Å². The van der Waals surface area contributed by atoms with Crippen LogP contribution in [0.1, 0.15) is 24.2 Å². The standard InChI is InChI=1S/C23H25N3O3.ClH/c1-3-26(4-2)15-16-29-23(28)17-9-11-18(12-10-17)24-25-21-13-14-22(27)20-8-6-5-7-19(20)21;/h5-14,27H,3-4,15-16H2,1-2H3;1H. The van der Waals surface area contributed by atoms with E-state index in [-0.39, 0.29) is 24.1 Å². The predicted molar refractivity (Wildman–Crippen MR) is 122 cm³/mol. The van der Waals surface area contributed by atoms with E-state index in [1.165, 1.54) is 0 Å². The van der Waals surface area contributed by atoms with Crippen LogP contribution in [0.3, 0.4) is 0 Å². The fourth-order valence-corrected chi connectivity index (χ4v) is 3.02. The summed E-state index contributed by atoms with van der Waals surface area (Å²) >= 11 is 0. The van der Waals surface area contributed by atoms with Crippen molar-refractivity contribution in [3.63, 3.8) is 0 Å². The molecule has 0 aliphatic rings. The SMILES string of the molecule is CCN(CC)CCOC(=O)c1ccc(N=Nc2ccc(O)c3ccccc23)cc1.Cl. The van der Waals surface area contributed by atoms with Gasteiger partial charge in [-0.1, -0.05) is 38.1 Å². The number of ether oxygens (including phenoxy) is 1. The Balaban J connectivity index is 0.00000320. The molecule has 1 N–H and O–H groups in total. The first-order valence-corrected chi connectivity index (χ1v) is 9.74. The first-order chi connectivity index (χ1) is 14.1. The van der Waals surface area contributed by atoms with Gasteiger partial charge in [0.2, 0.25) is 0 Å². The van der Waals surface area contributed by atoms with Crippen molar-refractivity contribution in [3.8, 4) is 5.75 Å². The van der Waals surface area contributed by atoms with Crippen LogP contribution in [-0.2, 0) is 4.74 Å². The second-order valence-corrected chi connectivity index (χ2v) is 6.56. The van der Waals surface area contributed by atoms with Crippen LogP contribution in [0.15, 0.2) is 70.9 Å². The minimum atomic E-state index is -0.342. The molecular weight excluding hydrogens is 402 g/mol. The summed E-state index contributed by atoms with van der Waals surface area (Å²) in [6.07, 6.45) is 0. The average Bonchev–Trinajstić information content (AvgIpc) is 2.77. The molecule has 0 fully saturated rings. The van der Waals surface area contributed by atoms with Crippen LogP contribution in [0.4, 0.5) is 11.4 Å². The molecule has 0 aromatic heterocycles. The molecule has 0 aliphatic carbocycles. The van der Waals surface area contributed by atoms with E-state index in [1.54, 1.807) is 36.4 Å². The van der Waals surface area contributed by atoms with E-state index < -0.39 is 0 Å². The summed E-state index contributed by atoms with van der Waals surface area (Å²) in [6, 6.07) is 17.6. The van der Waals surface area contributed by atoms with Crippen LogP contribution >= 0.6 is 12.4 Å². The largest absolute Gasteiger partial charge is 0.507 e. The summed E-state index contributed by atoms with van der Waals surface area (Å²) in [4.78, 5) is 14.4. The van der Waals surface area contributed by atoms with E-state index in [9.17, 15) is 9.90 Å². The van der Waals surface area contributed by atoms with Crippen molar-refractivity contribution in [2.45, 2.75) is 13.8 Å². The first-order valence-electron chi connectivity index (χ1n) is 9.74. The molecule has 30 heavy (non-hydrogen) atoms. The van der Waals surface area contributed by atoms with Gasteiger partial charge in [-0.2, -0.15) is 5.11 Å². The van der Waals surface area contributed by atoms with Gasteiger partial charge in [0.1, 0.15) is 12.4 Å². The zero-order valence-electron chi connectivity index (χ0n) is 17.1. The Labute approximate surface area is 182 Å². The monoisotopic (exact) mass is 427 g/mol. The molecule has 0 saturated carbocycles. The molecule has 3 aromatic rings. The summed E-state index contributed by atoms with van der Waals surface area (Å²) in [5.74, 6) is -0.131. The van der Waals surface area contributed by atoms with Gasteiger partial charge in [0, 0.05) is 17.3 Å². The molecule has 158 valence electrons. The van der Waals surface area contributed by atoms with Gasteiger partial charge < -0.3 is 14.7 Å². The highest BCUT2D eigenvalue weighted by Gasteiger charge is 2.08. The Hall–Kier alpha value is -2.96. The van der Waals surface area contributed by atoms with Crippen LogP contribution in [0.25, 0.3) is 10.8 Å². The predicted octanol–water partition coefficient (Wildman–Crippen LogP) is 5.88. The number of aromatic hydroxyl groups is 1. The van der Waals surface area contributed by atoms with Crippen molar-refractivity contribution in [3.05, 3.63) is 66.2 Å². The highest BCUT2D eigenvalue weighted by molar-refractivity contribution is 5.96. The van der Waals surface area contributed by atoms with Gasteiger partial charge in [-0.15, -0.1) is 17.5 Å². The summed E-state index contributed by atoms with van der Waals surface area (Å²) in [5.41, 5.74) is 1.78. The second kappa shape index (κ2) is 11.3. The second-order valence-electron chi connectivity index (χ2n) is 6.56. The number of nitrogens with zero attached hydrogens (tertiary/aromatic N) is 3.